The van der Waals surface area contributed by atoms with Crippen LogP contribution in [0.2, 0.25) is 0 Å². The lowest BCUT2D eigenvalue weighted by atomic mass is 10.1. The number of aryl methyl sites for hydroxylation is 2. The van der Waals surface area contributed by atoms with Crippen LogP contribution >= 0.6 is 0 Å². The molecular formula is C15H20N4O2. The molecule has 6 heteroatoms. The molecule has 0 saturated heterocycles. The number of aromatic nitrogens is 2. The average molecular weight is 288 g/mol. The Morgan fingerprint density at radius 3 is 2.71 bits per heavy atom. The van der Waals surface area contributed by atoms with E-state index in [1.807, 2.05) is 31.5 Å². The van der Waals surface area contributed by atoms with Crippen molar-refractivity contribution >= 4 is 11.4 Å². The van der Waals surface area contributed by atoms with Gasteiger partial charge in [-0.05, 0) is 33.8 Å². The number of nitro groups is 1. The Bertz CT molecular complexity index is 664. The summed E-state index contributed by atoms with van der Waals surface area (Å²) in [5, 5.41) is 18.6. The Morgan fingerprint density at radius 2 is 2.14 bits per heavy atom. The minimum Gasteiger partial charge on any atom is -0.378 e. The van der Waals surface area contributed by atoms with Gasteiger partial charge in [0.25, 0.3) is 5.69 Å². The van der Waals surface area contributed by atoms with Crippen LogP contribution < -0.4 is 5.32 Å². The molecule has 2 rings (SSSR count). The normalized spacial score (nSPS) is 12.2. The second-order valence-corrected chi connectivity index (χ2v) is 5.07. The Kier molecular flexibility index (Phi) is 4.26. The fraction of sp³-hybridized carbons (Fsp3) is 0.400. The third-order valence-corrected chi connectivity index (χ3v) is 3.61. The van der Waals surface area contributed by atoms with Crippen molar-refractivity contribution in [3.05, 3.63) is 51.3 Å². The lowest BCUT2D eigenvalue weighted by Crippen LogP contribution is -2.09. The quantitative estimate of drug-likeness (QED) is 0.674. The lowest BCUT2D eigenvalue weighted by molar-refractivity contribution is -0.384. The highest BCUT2D eigenvalue weighted by molar-refractivity contribution is 5.52. The minimum absolute atomic E-state index is 0.0345. The molecule has 21 heavy (non-hydrogen) atoms. The molecule has 0 saturated carbocycles. The van der Waals surface area contributed by atoms with Crippen LogP contribution in [0.5, 0.6) is 0 Å². The van der Waals surface area contributed by atoms with Crippen molar-refractivity contribution < 1.29 is 4.92 Å². The van der Waals surface area contributed by atoms with E-state index in [4.69, 9.17) is 0 Å². The lowest BCUT2D eigenvalue weighted by Gasteiger charge is -2.16. The highest BCUT2D eigenvalue weighted by atomic mass is 16.6. The van der Waals surface area contributed by atoms with Crippen LogP contribution in [0.3, 0.4) is 0 Å². The molecule has 1 unspecified atom stereocenters. The molecule has 1 aromatic heterocycles. The van der Waals surface area contributed by atoms with Crippen molar-refractivity contribution in [3.8, 4) is 0 Å². The van der Waals surface area contributed by atoms with Crippen LogP contribution in [0.4, 0.5) is 11.4 Å². The van der Waals surface area contributed by atoms with E-state index < -0.39 is 0 Å². The van der Waals surface area contributed by atoms with Gasteiger partial charge in [-0.25, -0.2) is 0 Å². The van der Waals surface area contributed by atoms with Crippen molar-refractivity contribution in [1.82, 2.24) is 9.78 Å². The summed E-state index contributed by atoms with van der Waals surface area (Å²) in [7, 11) is 0. The van der Waals surface area contributed by atoms with Crippen LogP contribution in [0.15, 0.2) is 24.3 Å². The Hall–Kier alpha value is -2.37. The van der Waals surface area contributed by atoms with Gasteiger partial charge < -0.3 is 5.32 Å². The smallest absolute Gasteiger partial charge is 0.271 e. The van der Waals surface area contributed by atoms with Crippen molar-refractivity contribution in [2.24, 2.45) is 0 Å². The maximum absolute atomic E-state index is 10.8. The topological polar surface area (TPSA) is 73.0 Å². The van der Waals surface area contributed by atoms with E-state index in [0.717, 1.165) is 29.2 Å². The van der Waals surface area contributed by atoms with Gasteiger partial charge in [0.15, 0.2) is 0 Å². The predicted molar refractivity (Wildman–Crippen MR) is 82.5 cm³/mol. The average Bonchev–Trinajstić information content (AvgIpc) is 2.73. The fourth-order valence-corrected chi connectivity index (χ4v) is 2.68. The molecule has 112 valence electrons. The summed E-state index contributed by atoms with van der Waals surface area (Å²) in [5.74, 6) is 0. The molecule has 0 fully saturated rings. The van der Waals surface area contributed by atoms with Gasteiger partial charge in [0.2, 0.25) is 0 Å². The van der Waals surface area contributed by atoms with Gasteiger partial charge in [0, 0.05) is 35.6 Å². The molecule has 2 aromatic rings. The first kappa shape index (κ1) is 15.0. The first-order valence-corrected chi connectivity index (χ1v) is 6.99. The number of hydrogen-bond acceptors (Lipinski definition) is 4. The van der Waals surface area contributed by atoms with E-state index in [1.54, 1.807) is 12.1 Å². The summed E-state index contributed by atoms with van der Waals surface area (Å²) in [6, 6.07) is 6.58. The molecule has 1 N–H and O–H groups in total. The SMILES string of the molecule is CCn1nc(C)c(C(C)Nc2cccc([N+](=O)[O-])c2)c1C. The molecule has 0 aliphatic heterocycles. The van der Waals surface area contributed by atoms with E-state index in [2.05, 4.69) is 17.3 Å². The summed E-state index contributed by atoms with van der Waals surface area (Å²) in [4.78, 5) is 10.4. The van der Waals surface area contributed by atoms with Gasteiger partial charge in [-0.2, -0.15) is 5.10 Å². The Labute approximate surface area is 123 Å². The van der Waals surface area contributed by atoms with Crippen molar-refractivity contribution in [2.45, 2.75) is 40.3 Å². The van der Waals surface area contributed by atoms with Crippen LogP contribution in [0.25, 0.3) is 0 Å². The summed E-state index contributed by atoms with van der Waals surface area (Å²) in [6.45, 7) is 8.96. The molecule has 0 spiro atoms. The first-order chi connectivity index (χ1) is 9.93. The number of non-ortho nitro benzene ring substituents is 1. The van der Waals surface area contributed by atoms with E-state index in [0.29, 0.717) is 0 Å². The molecule has 6 nitrogen and oxygen atoms in total. The fourth-order valence-electron chi connectivity index (χ4n) is 2.68. The van der Waals surface area contributed by atoms with Crippen molar-refractivity contribution in [2.75, 3.05) is 5.32 Å². The molecule has 1 atom stereocenters. The van der Waals surface area contributed by atoms with Crippen LogP contribution in [-0.4, -0.2) is 14.7 Å². The van der Waals surface area contributed by atoms with Crippen LogP contribution in [0.1, 0.15) is 36.8 Å². The Morgan fingerprint density at radius 1 is 1.43 bits per heavy atom. The van der Waals surface area contributed by atoms with E-state index in [-0.39, 0.29) is 16.7 Å². The number of nitrogens with one attached hydrogen (secondary N) is 1. The second kappa shape index (κ2) is 5.95. The number of hydrogen-bond donors (Lipinski definition) is 1. The predicted octanol–water partition coefficient (Wildman–Crippen LogP) is 3.60. The highest BCUT2D eigenvalue weighted by Gasteiger charge is 2.17. The summed E-state index contributed by atoms with van der Waals surface area (Å²) in [5.41, 5.74) is 4.08. The number of nitro benzene ring substituents is 1. The highest BCUT2D eigenvalue weighted by Crippen LogP contribution is 2.26. The molecule has 0 radical (unpaired) electrons. The monoisotopic (exact) mass is 288 g/mol. The first-order valence-electron chi connectivity index (χ1n) is 6.99. The molecule has 1 aromatic carbocycles. The molecule has 0 aliphatic rings. The van der Waals surface area contributed by atoms with Crippen molar-refractivity contribution in [3.63, 3.8) is 0 Å². The zero-order chi connectivity index (χ0) is 15.6. The number of nitrogens with zero attached hydrogens (tertiary/aromatic N) is 3. The van der Waals surface area contributed by atoms with Crippen molar-refractivity contribution in [1.29, 1.82) is 0 Å². The molecule has 1 heterocycles. The third kappa shape index (κ3) is 3.04. The zero-order valence-electron chi connectivity index (χ0n) is 12.8. The third-order valence-electron chi connectivity index (χ3n) is 3.61. The maximum atomic E-state index is 10.8. The summed E-state index contributed by atoms with van der Waals surface area (Å²) in [6.07, 6.45) is 0. The number of rotatable bonds is 5. The van der Waals surface area contributed by atoms with Gasteiger partial charge in [-0.1, -0.05) is 6.07 Å². The largest absolute Gasteiger partial charge is 0.378 e. The maximum Gasteiger partial charge on any atom is 0.271 e. The second-order valence-electron chi connectivity index (χ2n) is 5.07. The molecular weight excluding hydrogens is 268 g/mol. The van der Waals surface area contributed by atoms with E-state index in [9.17, 15) is 10.1 Å². The minimum atomic E-state index is -0.387. The molecule has 0 bridgehead atoms. The number of benzene rings is 1. The molecule has 0 amide bonds. The standard InChI is InChI=1S/C15H20N4O2/c1-5-18-12(4)15(11(3)17-18)10(2)16-13-7-6-8-14(9-13)19(20)21/h6-10,16H,5H2,1-4H3. The van der Waals surface area contributed by atoms with Gasteiger partial charge in [-0.3, -0.25) is 14.8 Å². The zero-order valence-corrected chi connectivity index (χ0v) is 12.8. The van der Waals surface area contributed by atoms with Gasteiger partial charge in [0.05, 0.1) is 16.7 Å². The van der Waals surface area contributed by atoms with Gasteiger partial charge in [-0.15, -0.1) is 0 Å². The van der Waals surface area contributed by atoms with Crippen LogP contribution in [-0.2, 0) is 6.54 Å². The summed E-state index contributed by atoms with van der Waals surface area (Å²) < 4.78 is 1.97. The number of anilines is 1. The van der Waals surface area contributed by atoms with Gasteiger partial charge >= 0.3 is 0 Å². The Balaban J connectivity index is 2.26. The van der Waals surface area contributed by atoms with Crippen LogP contribution in [0, 0.1) is 24.0 Å². The van der Waals surface area contributed by atoms with E-state index in [1.165, 1.54) is 6.07 Å². The van der Waals surface area contributed by atoms with Gasteiger partial charge in [0.1, 0.15) is 0 Å². The van der Waals surface area contributed by atoms with E-state index >= 15 is 0 Å². The summed E-state index contributed by atoms with van der Waals surface area (Å²) >= 11 is 0. The molecule has 0 aliphatic carbocycles.